The van der Waals surface area contributed by atoms with Crippen molar-refractivity contribution < 1.29 is 0 Å². The van der Waals surface area contributed by atoms with Crippen molar-refractivity contribution in [2.24, 2.45) is 0 Å². The number of hydrogen-bond acceptors (Lipinski definition) is 4. The Morgan fingerprint density at radius 3 is 1.55 bits per heavy atom. The summed E-state index contributed by atoms with van der Waals surface area (Å²) in [6.45, 7) is 0. The van der Waals surface area contributed by atoms with Gasteiger partial charge in [-0.05, 0) is 34.2 Å². The third-order valence-corrected chi connectivity index (χ3v) is 10.6. The quantitative estimate of drug-likeness (QED) is 0.181. The van der Waals surface area contributed by atoms with Gasteiger partial charge < -0.3 is 0 Å². The highest BCUT2D eigenvalue weighted by Gasteiger charge is 2.18. The molecule has 8 aromatic rings. The summed E-state index contributed by atoms with van der Waals surface area (Å²) in [7, 11) is 0. The topological polar surface area (TPSA) is 38.7 Å². The Morgan fingerprint density at radius 2 is 0.980 bits per heavy atom. The van der Waals surface area contributed by atoms with Crippen molar-refractivity contribution in [1.82, 2.24) is 15.0 Å². The smallest absolute Gasteiger partial charge is 0.164 e. The molecule has 0 saturated heterocycles. The number of benzene rings is 6. The first-order valence-corrected chi connectivity index (χ1v) is 17.5. The van der Waals surface area contributed by atoms with Gasteiger partial charge in [-0.15, -0.1) is 11.3 Å². The molecule has 0 saturated carbocycles. The van der Waals surface area contributed by atoms with Crippen molar-refractivity contribution in [2.45, 2.75) is 12.3 Å². The van der Waals surface area contributed by atoms with E-state index in [0.717, 1.165) is 23.1 Å². The van der Waals surface area contributed by atoms with Crippen molar-refractivity contribution in [3.63, 3.8) is 0 Å². The lowest BCUT2D eigenvalue weighted by Crippen LogP contribution is -2.05. The summed E-state index contributed by atoms with van der Waals surface area (Å²) in [6.07, 6.45) is 7.62. The second-order valence-electron chi connectivity index (χ2n) is 12.4. The standard InChI is InChI=1S/C45H31N3S/c1-4-13-31(14-5-1)37-21-11-23-39-40-24-12-22-38(42(40)49-41(37)39)36-20-10-19-35(29-36)30-25-27-34(28-26-30)45-47-43(32-15-6-2-7-16-32)46-44(48-45)33-17-8-3-9-18-33/h1-25,27-30H,26H2. The van der Waals surface area contributed by atoms with Crippen LogP contribution < -0.4 is 0 Å². The number of rotatable bonds is 6. The maximum absolute atomic E-state index is 4.94. The minimum absolute atomic E-state index is 0.263. The molecule has 1 unspecified atom stereocenters. The summed E-state index contributed by atoms with van der Waals surface area (Å²) in [5.41, 5.74) is 9.35. The third kappa shape index (κ3) is 5.56. The largest absolute Gasteiger partial charge is 0.208 e. The predicted octanol–water partition coefficient (Wildman–Crippen LogP) is 12.0. The lowest BCUT2D eigenvalue weighted by Gasteiger charge is -2.18. The van der Waals surface area contributed by atoms with Crippen LogP contribution in [0.1, 0.15) is 23.7 Å². The van der Waals surface area contributed by atoms with Crippen LogP contribution in [0.5, 0.6) is 0 Å². The maximum Gasteiger partial charge on any atom is 0.164 e. The van der Waals surface area contributed by atoms with E-state index >= 15 is 0 Å². The van der Waals surface area contributed by atoms with Crippen molar-refractivity contribution in [2.75, 3.05) is 0 Å². The minimum atomic E-state index is 0.263. The Hall–Kier alpha value is -5.97. The molecule has 0 aliphatic heterocycles. The molecule has 0 spiro atoms. The molecule has 1 atom stereocenters. The van der Waals surface area contributed by atoms with Crippen LogP contribution in [0.3, 0.4) is 0 Å². The van der Waals surface area contributed by atoms with Crippen molar-refractivity contribution in [3.8, 4) is 45.0 Å². The van der Waals surface area contributed by atoms with E-state index in [0.29, 0.717) is 17.5 Å². The van der Waals surface area contributed by atoms with Gasteiger partial charge in [0.1, 0.15) is 0 Å². The lowest BCUT2D eigenvalue weighted by molar-refractivity contribution is 0.854. The van der Waals surface area contributed by atoms with Crippen LogP contribution in [0.15, 0.2) is 170 Å². The minimum Gasteiger partial charge on any atom is -0.208 e. The van der Waals surface area contributed by atoms with E-state index in [9.17, 15) is 0 Å². The summed E-state index contributed by atoms with van der Waals surface area (Å²) in [5.74, 6) is 2.32. The first kappa shape index (κ1) is 29.2. The Balaban J connectivity index is 1.04. The van der Waals surface area contributed by atoms with Gasteiger partial charge in [-0.25, -0.2) is 15.0 Å². The average molecular weight is 646 g/mol. The van der Waals surface area contributed by atoms with E-state index in [1.807, 2.05) is 72.0 Å². The molecule has 1 aliphatic rings. The molecule has 0 amide bonds. The van der Waals surface area contributed by atoms with Gasteiger partial charge >= 0.3 is 0 Å². The second-order valence-corrected chi connectivity index (χ2v) is 13.4. The normalized spacial score (nSPS) is 14.3. The summed E-state index contributed by atoms with van der Waals surface area (Å²) in [5, 5.41) is 2.63. The van der Waals surface area contributed by atoms with Gasteiger partial charge in [-0.3, -0.25) is 0 Å². The fraction of sp³-hybridized carbons (Fsp3) is 0.0444. The highest BCUT2D eigenvalue weighted by Crippen LogP contribution is 2.44. The van der Waals surface area contributed by atoms with E-state index in [1.54, 1.807) is 0 Å². The maximum atomic E-state index is 4.94. The number of fused-ring (bicyclic) bond motifs is 3. The zero-order valence-electron chi connectivity index (χ0n) is 26.7. The summed E-state index contributed by atoms with van der Waals surface area (Å²) in [6, 6.07) is 53.5. The Bertz CT molecular complexity index is 2460. The molecule has 0 radical (unpaired) electrons. The Labute approximate surface area is 289 Å². The van der Waals surface area contributed by atoms with Gasteiger partial charge in [-0.2, -0.15) is 0 Å². The molecule has 0 N–H and O–H groups in total. The highest BCUT2D eigenvalue weighted by atomic mass is 32.1. The van der Waals surface area contributed by atoms with Crippen molar-refractivity contribution >= 4 is 37.1 Å². The van der Waals surface area contributed by atoms with Crippen LogP contribution in [0.25, 0.3) is 70.8 Å². The predicted molar refractivity (Wildman–Crippen MR) is 205 cm³/mol. The first-order valence-electron chi connectivity index (χ1n) is 16.6. The molecule has 49 heavy (non-hydrogen) atoms. The van der Waals surface area contributed by atoms with E-state index in [1.165, 1.54) is 48.0 Å². The fourth-order valence-corrected chi connectivity index (χ4v) is 8.17. The second kappa shape index (κ2) is 12.6. The number of allylic oxidation sites excluding steroid dienone is 4. The van der Waals surface area contributed by atoms with Crippen LogP contribution >= 0.6 is 11.3 Å². The molecule has 1 aliphatic carbocycles. The lowest BCUT2D eigenvalue weighted by atomic mass is 9.88. The molecular formula is C45H31N3S. The van der Waals surface area contributed by atoms with E-state index in [4.69, 9.17) is 15.0 Å². The van der Waals surface area contributed by atoms with E-state index in [2.05, 4.69) is 109 Å². The van der Waals surface area contributed by atoms with Crippen molar-refractivity contribution in [1.29, 1.82) is 0 Å². The summed E-state index contributed by atoms with van der Waals surface area (Å²) < 4.78 is 2.67. The molecule has 2 heterocycles. The van der Waals surface area contributed by atoms with Crippen LogP contribution in [-0.2, 0) is 0 Å². The Kier molecular flexibility index (Phi) is 7.49. The zero-order chi connectivity index (χ0) is 32.6. The molecule has 232 valence electrons. The van der Waals surface area contributed by atoms with E-state index < -0.39 is 0 Å². The van der Waals surface area contributed by atoms with Gasteiger partial charge in [0.2, 0.25) is 0 Å². The molecule has 0 fully saturated rings. The number of thiophene rings is 1. The molecule has 3 nitrogen and oxygen atoms in total. The number of aromatic nitrogens is 3. The van der Waals surface area contributed by atoms with Crippen molar-refractivity contribution in [3.05, 3.63) is 181 Å². The number of nitrogens with zero attached hydrogens (tertiary/aromatic N) is 3. The van der Waals surface area contributed by atoms with Gasteiger partial charge in [-0.1, -0.05) is 170 Å². The van der Waals surface area contributed by atoms with Crippen LogP contribution in [-0.4, -0.2) is 15.0 Å². The Morgan fingerprint density at radius 1 is 0.469 bits per heavy atom. The molecule has 9 rings (SSSR count). The average Bonchev–Trinajstić information content (AvgIpc) is 3.58. The first-order chi connectivity index (χ1) is 24.3. The highest BCUT2D eigenvalue weighted by molar-refractivity contribution is 7.26. The summed E-state index contributed by atoms with van der Waals surface area (Å²) >= 11 is 1.90. The molecule has 4 heteroatoms. The van der Waals surface area contributed by atoms with Gasteiger partial charge in [0.05, 0.1) is 0 Å². The monoisotopic (exact) mass is 645 g/mol. The van der Waals surface area contributed by atoms with Gasteiger partial charge in [0, 0.05) is 42.8 Å². The molecule has 6 aromatic carbocycles. The van der Waals surface area contributed by atoms with Gasteiger partial charge in [0.15, 0.2) is 17.5 Å². The molecule has 2 aromatic heterocycles. The zero-order valence-corrected chi connectivity index (χ0v) is 27.5. The third-order valence-electron chi connectivity index (χ3n) is 9.29. The van der Waals surface area contributed by atoms with Gasteiger partial charge in [0.25, 0.3) is 0 Å². The summed E-state index contributed by atoms with van der Waals surface area (Å²) in [4.78, 5) is 14.7. The van der Waals surface area contributed by atoms with E-state index in [-0.39, 0.29) is 5.92 Å². The van der Waals surface area contributed by atoms with Crippen LogP contribution in [0.4, 0.5) is 0 Å². The fourth-order valence-electron chi connectivity index (χ4n) is 6.80. The van der Waals surface area contributed by atoms with Crippen LogP contribution in [0, 0.1) is 0 Å². The molecule has 0 bridgehead atoms. The number of hydrogen-bond donors (Lipinski definition) is 0. The SMILES string of the molecule is C1=CC(c2cccc(-c3cccc4c3sc3c(-c5ccccc5)cccc34)c2)CC=C1c1nc(-c2ccccc2)nc(-c2ccccc2)n1. The van der Waals surface area contributed by atoms with Crippen LogP contribution in [0.2, 0.25) is 0 Å². The molecular weight excluding hydrogens is 615 g/mol.